The van der Waals surface area contributed by atoms with Crippen molar-refractivity contribution in [3.63, 3.8) is 0 Å². The second-order valence-corrected chi connectivity index (χ2v) is 3.16. The van der Waals surface area contributed by atoms with Crippen molar-refractivity contribution >= 4 is 11.9 Å². The van der Waals surface area contributed by atoms with E-state index in [1.807, 2.05) is 0 Å². The molecule has 0 unspecified atom stereocenters. The Balaban J connectivity index is 2.83. The summed E-state index contributed by atoms with van der Waals surface area (Å²) in [7, 11) is 0. The first-order chi connectivity index (χ1) is 7.79. The van der Waals surface area contributed by atoms with Crippen LogP contribution in [0.5, 0.6) is 0 Å². The van der Waals surface area contributed by atoms with Crippen LogP contribution in [0.3, 0.4) is 0 Å². The van der Waals surface area contributed by atoms with Crippen molar-refractivity contribution < 1.29 is 27.9 Å². The highest BCUT2D eigenvalue weighted by atomic mass is 19.4. The number of halogens is 3. The molecule has 1 rings (SSSR count). The van der Waals surface area contributed by atoms with Crippen LogP contribution >= 0.6 is 0 Å². The van der Waals surface area contributed by atoms with Crippen molar-refractivity contribution in [2.24, 2.45) is 0 Å². The van der Waals surface area contributed by atoms with Crippen molar-refractivity contribution in [1.29, 1.82) is 0 Å². The molecule has 9 heteroatoms. The SMILES string of the molecule is O=C(O)CN(CC(F)(F)F)C(=O)c1cn[nH]c1. The maximum Gasteiger partial charge on any atom is 0.406 e. The highest BCUT2D eigenvalue weighted by Gasteiger charge is 2.34. The Kier molecular flexibility index (Phi) is 3.71. The Bertz CT molecular complexity index is 402. The molecule has 0 aliphatic heterocycles. The lowest BCUT2D eigenvalue weighted by Crippen LogP contribution is -2.41. The molecule has 17 heavy (non-hydrogen) atoms. The van der Waals surface area contributed by atoms with Crippen molar-refractivity contribution in [1.82, 2.24) is 15.1 Å². The van der Waals surface area contributed by atoms with Gasteiger partial charge >= 0.3 is 12.1 Å². The normalized spacial score (nSPS) is 11.2. The molecule has 0 aliphatic rings. The van der Waals surface area contributed by atoms with E-state index in [0.717, 1.165) is 12.4 Å². The largest absolute Gasteiger partial charge is 0.480 e. The fourth-order valence-electron chi connectivity index (χ4n) is 1.13. The summed E-state index contributed by atoms with van der Waals surface area (Å²) in [5, 5.41) is 14.1. The molecule has 0 spiro atoms. The van der Waals surface area contributed by atoms with Gasteiger partial charge in [0, 0.05) is 6.20 Å². The average Bonchev–Trinajstić information content (AvgIpc) is 2.65. The van der Waals surface area contributed by atoms with E-state index in [1.165, 1.54) is 0 Å². The number of carboxylic acids is 1. The predicted octanol–water partition coefficient (Wildman–Crippen LogP) is 0.499. The van der Waals surface area contributed by atoms with Gasteiger partial charge in [0.25, 0.3) is 5.91 Å². The molecule has 2 N–H and O–H groups in total. The number of hydrogen-bond donors (Lipinski definition) is 2. The van der Waals surface area contributed by atoms with E-state index in [1.54, 1.807) is 0 Å². The second kappa shape index (κ2) is 4.85. The Morgan fingerprint density at radius 1 is 1.47 bits per heavy atom. The molecule has 0 saturated heterocycles. The van der Waals surface area contributed by atoms with Crippen LogP contribution in [-0.4, -0.2) is 51.3 Å². The third-order valence-corrected chi connectivity index (χ3v) is 1.73. The van der Waals surface area contributed by atoms with Crippen LogP contribution in [0.1, 0.15) is 10.4 Å². The summed E-state index contributed by atoms with van der Waals surface area (Å²) in [6, 6.07) is 0. The molecule has 1 amide bonds. The van der Waals surface area contributed by atoms with E-state index in [4.69, 9.17) is 5.11 Å². The van der Waals surface area contributed by atoms with Gasteiger partial charge in [0.15, 0.2) is 0 Å². The number of nitrogens with one attached hydrogen (secondary N) is 1. The van der Waals surface area contributed by atoms with Gasteiger partial charge in [0.1, 0.15) is 13.1 Å². The molecule has 1 aromatic heterocycles. The number of alkyl halides is 3. The lowest BCUT2D eigenvalue weighted by Gasteiger charge is -2.21. The number of hydrogen-bond acceptors (Lipinski definition) is 3. The van der Waals surface area contributed by atoms with E-state index in [-0.39, 0.29) is 10.5 Å². The number of carboxylic acid groups (broad SMARTS) is 1. The molecule has 0 aliphatic carbocycles. The van der Waals surface area contributed by atoms with Crippen LogP contribution in [0, 0.1) is 0 Å². The van der Waals surface area contributed by atoms with Gasteiger partial charge in [-0.05, 0) is 0 Å². The van der Waals surface area contributed by atoms with Crippen LogP contribution in [0.15, 0.2) is 12.4 Å². The van der Waals surface area contributed by atoms with E-state index in [2.05, 4.69) is 10.2 Å². The van der Waals surface area contributed by atoms with Crippen LogP contribution in [0.25, 0.3) is 0 Å². The minimum atomic E-state index is -4.66. The highest BCUT2D eigenvalue weighted by Crippen LogP contribution is 2.17. The number of aromatic nitrogens is 2. The average molecular weight is 251 g/mol. The molecule has 6 nitrogen and oxygen atoms in total. The zero-order valence-electron chi connectivity index (χ0n) is 8.36. The van der Waals surface area contributed by atoms with Gasteiger partial charge in [-0.15, -0.1) is 0 Å². The van der Waals surface area contributed by atoms with Crippen LogP contribution in [0.2, 0.25) is 0 Å². The minimum Gasteiger partial charge on any atom is -0.480 e. The summed E-state index contributed by atoms with van der Waals surface area (Å²) in [4.78, 5) is 22.1. The van der Waals surface area contributed by atoms with Gasteiger partial charge in [0.2, 0.25) is 0 Å². The Morgan fingerprint density at radius 2 is 2.12 bits per heavy atom. The minimum absolute atomic E-state index is 0.129. The first kappa shape index (κ1) is 13.0. The lowest BCUT2D eigenvalue weighted by atomic mass is 10.3. The third kappa shape index (κ3) is 4.13. The number of H-pyrrole nitrogens is 1. The maximum atomic E-state index is 12.1. The van der Waals surface area contributed by atoms with Gasteiger partial charge in [-0.25, -0.2) is 0 Å². The molecule has 0 bridgehead atoms. The summed E-state index contributed by atoms with van der Waals surface area (Å²) < 4.78 is 36.4. The standard InChI is InChI=1S/C8H8F3N3O3/c9-8(10,11)4-14(3-6(15)16)7(17)5-1-12-13-2-5/h1-2H,3-4H2,(H,12,13)(H,15,16). The molecule has 0 atom stereocenters. The molecule has 0 radical (unpaired) electrons. The van der Waals surface area contributed by atoms with E-state index < -0.39 is 31.1 Å². The Hall–Kier alpha value is -2.06. The first-order valence-corrected chi connectivity index (χ1v) is 4.36. The lowest BCUT2D eigenvalue weighted by molar-refractivity contribution is -0.149. The zero-order valence-corrected chi connectivity index (χ0v) is 8.36. The summed E-state index contributed by atoms with van der Waals surface area (Å²) in [5.74, 6) is -2.57. The van der Waals surface area contributed by atoms with Crippen molar-refractivity contribution in [2.45, 2.75) is 6.18 Å². The van der Waals surface area contributed by atoms with E-state index in [0.29, 0.717) is 0 Å². The molecule has 0 fully saturated rings. The Morgan fingerprint density at radius 3 is 2.53 bits per heavy atom. The zero-order chi connectivity index (χ0) is 13.1. The second-order valence-electron chi connectivity index (χ2n) is 3.16. The summed E-state index contributed by atoms with van der Waals surface area (Å²) in [5.41, 5.74) is -0.129. The van der Waals surface area contributed by atoms with Gasteiger partial charge in [-0.1, -0.05) is 0 Å². The fraction of sp³-hybridized carbons (Fsp3) is 0.375. The van der Waals surface area contributed by atoms with Crippen molar-refractivity contribution in [3.8, 4) is 0 Å². The molecule has 0 saturated carbocycles. The highest BCUT2D eigenvalue weighted by molar-refractivity contribution is 5.95. The van der Waals surface area contributed by atoms with E-state index in [9.17, 15) is 22.8 Å². The fourth-order valence-corrected chi connectivity index (χ4v) is 1.13. The van der Waals surface area contributed by atoms with Crippen molar-refractivity contribution in [3.05, 3.63) is 18.0 Å². The van der Waals surface area contributed by atoms with Gasteiger partial charge < -0.3 is 10.0 Å². The molecular formula is C8H8F3N3O3. The van der Waals surface area contributed by atoms with Gasteiger partial charge in [-0.3, -0.25) is 14.7 Å². The van der Waals surface area contributed by atoms with Crippen molar-refractivity contribution in [2.75, 3.05) is 13.1 Å². The quantitative estimate of drug-likeness (QED) is 0.815. The van der Waals surface area contributed by atoms with Crippen LogP contribution in [0.4, 0.5) is 13.2 Å². The number of aromatic amines is 1. The summed E-state index contributed by atoms with van der Waals surface area (Å²) in [6.07, 6.45) is -2.55. The van der Waals surface area contributed by atoms with Crippen LogP contribution < -0.4 is 0 Å². The number of nitrogens with zero attached hydrogens (tertiary/aromatic N) is 2. The molecule has 0 aromatic carbocycles. The molecular weight excluding hydrogens is 243 g/mol. The monoisotopic (exact) mass is 251 g/mol. The molecule has 1 heterocycles. The summed E-state index contributed by atoms with van der Waals surface area (Å²) in [6.45, 7) is -2.65. The number of aliphatic carboxylic acids is 1. The number of carbonyl (C=O) groups excluding carboxylic acids is 1. The Labute approximate surface area is 93.0 Å². The summed E-state index contributed by atoms with van der Waals surface area (Å²) >= 11 is 0. The van der Waals surface area contributed by atoms with Crippen LogP contribution in [-0.2, 0) is 4.79 Å². The molecule has 94 valence electrons. The van der Waals surface area contributed by atoms with E-state index >= 15 is 0 Å². The number of rotatable bonds is 4. The smallest absolute Gasteiger partial charge is 0.406 e. The third-order valence-electron chi connectivity index (χ3n) is 1.73. The molecule has 1 aromatic rings. The van der Waals surface area contributed by atoms with Gasteiger partial charge in [0.05, 0.1) is 11.8 Å². The first-order valence-electron chi connectivity index (χ1n) is 4.36. The number of carbonyl (C=O) groups is 2. The maximum absolute atomic E-state index is 12.1. The predicted molar refractivity (Wildman–Crippen MR) is 48.2 cm³/mol. The topological polar surface area (TPSA) is 86.3 Å². The number of amides is 1. The van der Waals surface area contributed by atoms with Gasteiger partial charge in [-0.2, -0.15) is 18.3 Å².